The van der Waals surface area contributed by atoms with Crippen molar-refractivity contribution >= 4 is 12.4 Å². The number of ether oxygens (including phenoxy) is 6. The minimum absolute atomic E-state index is 0. The zero-order chi connectivity index (χ0) is 21.8. The van der Waals surface area contributed by atoms with Crippen LogP contribution in [0.5, 0.6) is 34.5 Å². The normalized spacial score (nSPS) is 19.9. The van der Waals surface area contributed by atoms with E-state index in [2.05, 4.69) is 0 Å². The lowest BCUT2D eigenvalue weighted by Gasteiger charge is -2.24. The van der Waals surface area contributed by atoms with Gasteiger partial charge in [-0.1, -0.05) is 0 Å². The van der Waals surface area contributed by atoms with Crippen molar-refractivity contribution in [3.05, 3.63) is 35.4 Å². The SMILES string of the molecule is COc1cc(C2CCC(c3cc(OC)c(OC)c(OC)c3)C2N)cc(OC)c1OC.Cl. The van der Waals surface area contributed by atoms with Crippen LogP contribution in [0.25, 0.3) is 0 Å². The summed E-state index contributed by atoms with van der Waals surface area (Å²) in [6.07, 6.45) is 1.89. The maximum Gasteiger partial charge on any atom is 0.203 e. The molecule has 0 bridgehead atoms. The lowest BCUT2D eigenvalue weighted by atomic mass is 9.88. The fourth-order valence-electron chi connectivity index (χ4n) is 4.43. The molecule has 1 saturated carbocycles. The van der Waals surface area contributed by atoms with Gasteiger partial charge in [0.15, 0.2) is 23.0 Å². The summed E-state index contributed by atoms with van der Waals surface area (Å²) < 4.78 is 33.0. The lowest BCUT2D eigenvalue weighted by molar-refractivity contribution is 0.322. The van der Waals surface area contributed by atoms with Gasteiger partial charge in [-0.05, 0) is 60.1 Å². The van der Waals surface area contributed by atoms with Gasteiger partial charge in [-0.2, -0.15) is 0 Å². The summed E-state index contributed by atoms with van der Waals surface area (Å²) in [5.41, 5.74) is 8.92. The Hall–Kier alpha value is -2.51. The Bertz CT molecular complexity index is 769. The third-order valence-corrected chi connectivity index (χ3v) is 5.95. The Morgan fingerprint density at radius 1 is 0.581 bits per heavy atom. The summed E-state index contributed by atoms with van der Waals surface area (Å²) in [6.45, 7) is 0. The standard InChI is InChI=1S/C23H31NO6.ClH/c1-25-17-9-13(10-18(26-2)22(17)29-5)15-7-8-16(21(15)24)14-11-19(27-3)23(30-6)20(12-14)28-4;/h9-12,15-16,21H,7-8,24H2,1-6H3;1H. The fraction of sp³-hybridized carbons (Fsp3) is 0.478. The molecule has 0 amide bonds. The smallest absolute Gasteiger partial charge is 0.203 e. The van der Waals surface area contributed by atoms with Crippen LogP contribution in [0.2, 0.25) is 0 Å². The molecule has 0 saturated heterocycles. The summed E-state index contributed by atoms with van der Waals surface area (Å²) in [5, 5.41) is 0. The predicted molar refractivity (Wildman–Crippen MR) is 122 cm³/mol. The highest BCUT2D eigenvalue weighted by Gasteiger charge is 2.37. The monoisotopic (exact) mass is 453 g/mol. The van der Waals surface area contributed by atoms with Crippen molar-refractivity contribution in [2.45, 2.75) is 30.7 Å². The van der Waals surface area contributed by atoms with Crippen molar-refractivity contribution in [3.8, 4) is 34.5 Å². The second-order valence-corrected chi connectivity index (χ2v) is 7.29. The van der Waals surface area contributed by atoms with Crippen LogP contribution < -0.4 is 34.2 Å². The molecule has 1 fully saturated rings. The molecule has 1 aliphatic rings. The van der Waals surface area contributed by atoms with Crippen molar-refractivity contribution in [2.24, 2.45) is 5.73 Å². The highest BCUT2D eigenvalue weighted by atomic mass is 35.5. The van der Waals surface area contributed by atoms with Gasteiger partial charge >= 0.3 is 0 Å². The zero-order valence-electron chi connectivity index (χ0n) is 18.9. The summed E-state index contributed by atoms with van der Waals surface area (Å²) in [7, 11) is 9.68. The highest BCUT2D eigenvalue weighted by Crippen LogP contribution is 2.49. The average Bonchev–Trinajstić information content (AvgIpc) is 3.17. The molecule has 0 aromatic heterocycles. The van der Waals surface area contributed by atoms with Crippen molar-refractivity contribution in [1.29, 1.82) is 0 Å². The number of benzene rings is 2. The van der Waals surface area contributed by atoms with Crippen LogP contribution in [0.1, 0.15) is 35.8 Å². The molecule has 2 unspecified atom stereocenters. The van der Waals surface area contributed by atoms with Gasteiger partial charge in [0.1, 0.15) is 0 Å². The van der Waals surface area contributed by atoms with E-state index in [9.17, 15) is 0 Å². The number of hydrogen-bond acceptors (Lipinski definition) is 7. The minimum Gasteiger partial charge on any atom is -0.493 e. The Morgan fingerprint density at radius 3 is 1.10 bits per heavy atom. The molecule has 0 aliphatic heterocycles. The molecule has 0 radical (unpaired) electrons. The number of methoxy groups -OCH3 is 6. The molecule has 31 heavy (non-hydrogen) atoms. The molecule has 2 aromatic carbocycles. The van der Waals surface area contributed by atoms with Gasteiger partial charge in [0.25, 0.3) is 0 Å². The van der Waals surface area contributed by atoms with E-state index < -0.39 is 0 Å². The summed E-state index contributed by atoms with van der Waals surface area (Å²) >= 11 is 0. The van der Waals surface area contributed by atoms with E-state index in [1.807, 2.05) is 24.3 Å². The summed E-state index contributed by atoms with van der Waals surface area (Å²) in [6, 6.07) is 7.87. The Balaban J connectivity index is 0.00000341. The number of rotatable bonds is 8. The first-order valence-corrected chi connectivity index (χ1v) is 9.88. The number of nitrogens with two attached hydrogens (primary N) is 1. The molecule has 3 rings (SSSR count). The van der Waals surface area contributed by atoms with E-state index >= 15 is 0 Å². The molecule has 8 heteroatoms. The molecular weight excluding hydrogens is 422 g/mol. The number of halogens is 1. The zero-order valence-corrected chi connectivity index (χ0v) is 19.7. The molecule has 2 atom stereocenters. The fourth-order valence-corrected chi connectivity index (χ4v) is 4.43. The molecule has 2 N–H and O–H groups in total. The van der Waals surface area contributed by atoms with Crippen LogP contribution in [0, 0.1) is 0 Å². The van der Waals surface area contributed by atoms with Gasteiger partial charge in [0.05, 0.1) is 42.7 Å². The van der Waals surface area contributed by atoms with Crippen LogP contribution in [-0.2, 0) is 0 Å². The molecule has 7 nitrogen and oxygen atoms in total. The van der Waals surface area contributed by atoms with Crippen LogP contribution in [0.3, 0.4) is 0 Å². The first-order chi connectivity index (χ1) is 14.5. The highest BCUT2D eigenvalue weighted by molar-refractivity contribution is 5.85. The van der Waals surface area contributed by atoms with Gasteiger partial charge in [0.2, 0.25) is 11.5 Å². The molecule has 0 heterocycles. The van der Waals surface area contributed by atoms with Crippen LogP contribution in [-0.4, -0.2) is 48.7 Å². The third kappa shape index (κ3) is 4.57. The first-order valence-electron chi connectivity index (χ1n) is 9.88. The second-order valence-electron chi connectivity index (χ2n) is 7.29. The minimum atomic E-state index is -0.0874. The van der Waals surface area contributed by atoms with E-state index in [1.165, 1.54) is 0 Å². The van der Waals surface area contributed by atoms with Crippen molar-refractivity contribution in [3.63, 3.8) is 0 Å². The first kappa shape index (κ1) is 24.8. The maximum absolute atomic E-state index is 6.77. The van der Waals surface area contributed by atoms with E-state index in [4.69, 9.17) is 34.2 Å². The Kier molecular flexibility index (Phi) is 8.53. The summed E-state index contributed by atoms with van der Waals surface area (Å²) in [4.78, 5) is 0. The Morgan fingerprint density at radius 2 is 0.871 bits per heavy atom. The topological polar surface area (TPSA) is 81.4 Å². The average molecular weight is 454 g/mol. The molecule has 0 spiro atoms. The van der Waals surface area contributed by atoms with E-state index in [1.54, 1.807) is 42.7 Å². The van der Waals surface area contributed by atoms with Gasteiger partial charge < -0.3 is 34.2 Å². The van der Waals surface area contributed by atoms with Gasteiger partial charge in [0, 0.05) is 6.04 Å². The molecule has 1 aliphatic carbocycles. The van der Waals surface area contributed by atoms with Crippen LogP contribution in [0.15, 0.2) is 24.3 Å². The largest absolute Gasteiger partial charge is 0.493 e. The van der Waals surface area contributed by atoms with Crippen LogP contribution in [0.4, 0.5) is 0 Å². The quantitative estimate of drug-likeness (QED) is 0.642. The van der Waals surface area contributed by atoms with Gasteiger partial charge in [-0.15, -0.1) is 12.4 Å². The van der Waals surface area contributed by atoms with E-state index in [0.717, 1.165) is 24.0 Å². The Labute approximate surface area is 190 Å². The van der Waals surface area contributed by atoms with Crippen molar-refractivity contribution in [1.82, 2.24) is 0 Å². The van der Waals surface area contributed by atoms with E-state index in [0.29, 0.717) is 34.5 Å². The van der Waals surface area contributed by atoms with Crippen molar-refractivity contribution < 1.29 is 28.4 Å². The molecular formula is C23H32ClNO6. The van der Waals surface area contributed by atoms with Gasteiger partial charge in [-0.25, -0.2) is 0 Å². The molecule has 172 valence electrons. The molecule has 2 aromatic rings. The summed E-state index contributed by atoms with van der Waals surface area (Å²) in [5.74, 6) is 4.01. The lowest BCUT2D eigenvalue weighted by Crippen LogP contribution is -2.29. The van der Waals surface area contributed by atoms with Crippen molar-refractivity contribution in [2.75, 3.05) is 42.7 Å². The van der Waals surface area contributed by atoms with Gasteiger partial charge in [-0.3, -0.25) is 0 Å². The predicted octanol–water partition coefficient (Wildman–Crippen LogP) is 4.15. The van der Waals surface area contributed by atoms with Crippen LogP contribution >= 0.6 is 12.4 Å². The third-order valence-electron chi connectivity index (χ3n) is 5.95. The number of hydrogen-bond donors (Lipinski definition) is 1. The second kappa shape index (κ2) is 10.7. The maximum atomic E-state index is 6.77. The van der Waals surface area contributed by atoms with E-state index in [-0.39, 0.29) is 30.3 Å².